The zero-order valence-corrected chi connectivity index (χ0v) is 13.8. The molecule has 122 valence electrons. The summed E-state index contributed by atoms with van der Waals surface area (Å²) in [6.45, 7) is 2.24. The molecule has 1 aromatic carbocycles. The highest BCUT2D eigenvalue weighted by Gasteiger charge is 2.18. The van der Waals surface area contributed by atoms with E-state index in [2.05, 4.69) is 28.3 Å². The fraction of sp³-hybridized carbons (Fsp3) is 0.316. The Morgan fingerprint density at radius 1 is 1.04 bits per heavy atom. The highest BCUT2D eigenvalue weighted by molar-refractivity contribution is 5.90. The van der Waals surface area contributed by atoms with E-state index in [1.54, 1.807) is 6.20 Å². The van der Waals surface area contributed by atoms with Crippen molar-refractivity contribution in [2.24, 2.45) is 0 Å². The summed E-state index contributed by atoms with van der Waals surface area (Å²) in [6.07, 6.45) is 5.85. The van der Waals surface area contributed by atoms with Gasteiger partial charge >= 0.3 is 0 Å². The summed E-state index contributed by atoms with van der Waals surface area (Å²) in [5.41, 5.74) is 1.90. The molecule has 3 heterocycles. The van der Waals surface area contributed by atoms with E-state index in [1.165, 1.54) is 0 Å². The van der Waals surface area contributed by atoms with E-state index in [1.807, 2.05) is 36.5 Å². The fourth-order valence-electron chi connectivity index (χ4n) is 3.16. The van der Waals surface area contributed by atoms with Crippen molar-refractivity contribution in [3.63, 3.8) is 0 Å². The number of likely N-dealkylation sites (tertiary alicyclic amines) is 1. The molecule has 5 heteroatoms. The smallest absolute Gasteiger partial charge is 0.163 e. The number of aromatic nitrogens is 3. The van der Waals surface area contributed by atoms with Crippen molar-refractivity contribution in [2.45, 2.75) is 18.9 Å². The topological polar surface area (TPSA) is 53.9 Å². The maximum Gasteiger partial charge on any atom is 0.163 e. The molecule has 0 unspecified atom stereocenters. The van der Waals surface area contributed by atoms with Crippen LogP contribution in [0.3, 0.4) is 0 Å². The average Bonchev–Trinajstić information content (AvgIpc) is 2.64. The van der Waals surface area contributed by atoms with Crippen LogP contribution in [0.4, 0.5) is 5.82 Å². The molecule has 2 aromatic heterocycles. The van der Waals surface area contributed by atoms with Gasteiger partial charge in [-0.3, -0.25) is 4.98 Å². The highest BCUT2D eigenvalue weighted by atomic mass is 15.1. The van der Waals surface area contributed by atoms with Crippen molar-refractivity contribution in [3.05, 3.63) is 48.8 Å². The zero-order chi connectivity index (χ0) is 16.4. The number of pyridine rings is 1. The summed E-state index contributed by atoms with van der Waals surface area (Å²) < 4.78 is 0. The van der Waals surface area contributed by atoms with E-state index in [9.17, 15) is 0 Å². The lowest BCUT2D eigenvalue weighted by molar-refractivity contribution is 0.264. The molecule has 1 saturated heterocycles. The van der Waals surface area contributed by atoms with E-state index in [4.69, 9.17) is 9.97 Å². The van der Waals surface area contributed by atoms with Gasteiger partial charge in [0.25, 0.3) is 0 Å². The number of nitrogens with zero attached hydrogens (tertiary/aromatic N) is 4. The van der Waals surface area contributed by atoms with Crippen LogP contribution in [0, 0.1) is 0 Å². The first-order chi connectivity index (χ1) is 11.8. The monoisotopic (exact) mass is 319 g/mol. The van der Waals surface area contributed by atoms with Gasteiger partial charge in [0, 0.05) is 29.4 Å². The third-order valence-corrected chi connectivity index (χ3v) is 4.58. The number of hydrogen-bond acceptors (Lipinski definition) is 5. The van der Waals surface area contributed by atoms with Crippen LogP contribution in [0.15, 0.2) is 48.8 Å². The lowest BCUT2D eigenvalue weighted by Crippen LogP contribution is -2.36. The number of hydrogen-bond donors (Lipinski definition) is 1. The maximum absolute atomic E-state index is 4.81. The minimum absolute atomic E-state index is 0.459. The minimum atomic E-state index is 0.459. The normalized spacial score (nSPS) is 16.4. The number of fused-ring (bicyclic) bond motifs is 1. The molecule has 0 aliphatic carbocycles. The van der Waals surface area contributed by atoms with Crippen LogP contribution in [0.5, 0.6) is 0 Å². The van der Waals surface area contributed by atoms with Gasteiger partial charge in [0.15, 0.2) is 5.82 Å². The number of rotatable bonds is 3. The van der Waals surface area contributed by atoms with Crippen molar-refractivity contribution in [2.75, 3.05) is 25.5 Å². The Hall–Kier alpha value is -2.53. The molecule has 24 heavy (non-hydrogen) atoms. The predicted octanol–water partition coefficient (Wildman–Crippen LogP) is 3.20. The summed E-state index contributed by atoms with van der Waals surface area (Å²) in [5, 5.41) is 4.73. The molecule has 0 amide bonds. The van der Waals surface area contributed by atoms with E-state index in [0.29, 0.717) is 6.04 Å². The molecule has 0 radical (unpaired) electrons. The van der Waals surface area contributed by atoms with Gasteiger partial charge in [-0.1, -0.05) is 12.1 Å². The van der Waals surface area contributed by atoms with Crippen molar-refractivity contribution < 1.29 is 0 Å². The molecule has 3 aromatic rings. The maximum atomic E-state index is 4.81. The minimum Gasteiger partial charge on any atom is -0.367 e. The number of para-hydroxylation sites is 1. The largest absolute Gasteiger partial charge is 0.367 e. The van der Waals surface area contributed by atoms with E-state index in [0.717, 1.165) is 54.0 Å². The quantitative estimate of drug-likeness (QED) is 0.803. The van der Waals surface area contributed by atoms with Gasteiger partial charge in [-0.05, 0) is 57.2 Å². The molecular formula is C19H21N5. The Kier molecular flexibility index (Phi) is 4.09. The lowest BCUT2D eigenvalue weighted by atomic mass is 10.1. The Morgan fingerprint density at radius 2 is 1.88 bits per heavy atom. The summed E-state index contributed by atoms with van der Waals surface area (Å²) in [6, 6.07) is 12.5. The Balaban J connectivity index is 1.72. The molecule has 5 nitrogen and oxygen atoms in total. The third-order valence-electron chi connectivity index (χ3n) is 4.58. The first kappa shape index (κ1) is 15.0. The van der Waals surface area contributed by atoms with Gasteiger partial charge in [0.1, 0.15) is 5.82 Å². The third kappa shape index (κ3) is 3.08. The first-order valence-electron chi connectivity index (χ1n) is 8.42. The number of anilines is 1. The average molecular weight is 319 g/mol. The molecule has 1 aliphatic rings. The van der Waals surface area contributed by atoms with Gasteiger partial charge in [0.2, 0.25) is 0 Å². The molecule has 1 aliphatic heterocycles. The second-order valence-corrected chi connectivity index (χ2v) is 6.38. The van der Waals surface area contributed by atoms with Crippen LogP contribution < -0.4 is 5.32 Å². The van der Waals surface area contributed by atoms with Crippen molar-refractivity contribution in [1.82, 2.24) is 19.9 Å². The molecule has 0 bridgehead atoms. The summed E-state index contributed by atoms with van der Waals surface area (Å²) >= 11 is 0. The Morgan fingerprint density at radius 3 is 2.67 bits per heavy atom. The number of nitrogens with one attached hydrogen (secondary N) is 1. The summed E-state index contributed by atoms with van der Waals surface area (Å²) in [7, 11) is 2.18. The van der Waals surface area contributed by atoms with Crippen LogP contribution >= 0.6 is 0 Å². The van der Waals surface area contributed by atoms with Crippen molar-refractivity contribution in [3.8, 4) is 11.4 Å². The van der Waals surface area contributed by atoms with E-state index in [-0.39, 0.29) is 0 Å². The van der Waals surface area contributed by atoms with Crippen molar-refractivity contribution >= 4 is 16.7 Å². The second-order valence-electron chi connectivity index (χ2n) is 6.38. The fourth-order valence-corrected chi connectivity index (χ4v) is 3.16. The molecule has 1 fully saturated rings. The van der Waals surface area contributed by atoms with Crippen LogP contribution in [0.1, 0.15) is 12.8 Å². The molecule has 0 saturated carbocycles. The SMILES string of the molecule is CN1CCC(Nc2nc(-c3cccnc3)nc3ccccc23)CC1. The van der Waals surface area contributed by atoms with Crippen LogP contribution in [0.25, 0.3) is 22.3 Å². The second kappa shape index (κ2) is 6.53. The summed E-state index contributed by atoms with van der Waals surface area (Å²) in [5.74, 6) is 1.64. The Labute approximate surface area is 141 Å². The first-order valence-corrected chi connectivity index (χ1v) is 8.42. The number of benzene rings is 1. The highest BCUT2D eigenvalue weighted by Crippen LogP contribution is 2.26. The predicted molar refractivity (Wildman–Crippen MR) is 96.9 cm³/mol. The van der Waals surface area contributed by atoms with E-state index >= 15 is 0 Å². The number of piperidine rings is 1. The van der Waals surface area contributed by atoms with Gasteiger partial charge in [0.05, 0.1) is 5.52 Å². The molecule has 4 rings (SSSR count). The molecular weight excluding hydrogens is 298 g/mol. The van der Waals surface area contributed by atoms with Crippen LogP contribution in [-0.2, 0) is 0 Å². The van der Waals surface area contributed by atoms with E-state index < -0.39 is 0 Å². The van der Waals surface area contributed by atoms with Gasteiger partial charge in [-0.2, -0.15) is 0 Å². The molecule has 0 spiro atoms. The Bertz CT molecular complexity index is 826. The van der Waals surface area contributed by atoms with Gasteiger partial charge in [-0.25, -0.2) is 9.97 Å². The standard InChI is InChI=1S/C19H21N5/c1-24-11-8-15(9-12-24)21-19-16-6-2-3-7-17(16)22-18(23-19)14-5-4-10-20-13-14/h2-7,10,13,15H,8-9,11-12H2,1H3,(H,21,22,23). The molecule has 1 N–H and O–H groups in total. The van der Waals surface area contributed by atoms with Crippen LogP contribution in [0.2, 0.25) is 0 Å². The van der Waals surface area contributed by atoms with Crippen molar-refractivity contribution in [1.29, 1.82) is 0 Å². The van der Waals surface area contributed by atoms with Gasteiger partial charge in [-0.15, -0.1) is 0 Å². The van der Waals surface area contributed by atoms with Crippen LogP contribution in [-0.4, -0.2) is 46.0 Å². The summed E-state index contributed by atoms with van der Waals surface area (Å²) in [4.78, 5) is 16.1. The lowest BCUT2D eigenvalue weighted by Gasteiger charge is -2.30. The zero-order valence-electron chi connectivity index (χ0n) is 13.8. The van der Waals surface area contributed by atoms with Gasteiger partial charge < -0.3 is 10.2 Å². The molecule has 0 atom stereocenters.